The summed E-state index contributed by atoms with van der Waals surface area (Å²) in [5.41, 5.74) is 3.50. The van der Waals surface area contributed by atoms with E-state index in [9.17, 15) is 4.79 Å². The average molecular weight is 507 g/mol. The molecule has 0 bridgehead atoms. The van der Waals surface area contributed by atoms with Crippen LogP contribution in [0.5, 0.6) is 0 Å². The van der Waals surface area contributed by atoms with Crippen molar-refractivity contribution in [3.8, 4) is 0 Å². The van der Waals surface area contributed by atoms with Gasteiger partial charge in [-0.3, -0.25) is 4.79 Å². The van der Waals surface area contributed by atoms with E-state index in [1.54, 1.807) is 17.3 Å². The van der Waals surface area contributed by atoms with Crippen molar-refractivity contribution in [3.63, 3.8) is 0 Å². The van der Waals surface area contributed by atoms with Crippen LogP contribution in [0.3, 0.4) is 0 Å². The summed E-state index contributed by atoms with van der Waals surface area (Å²) in [6, 6.07) is 9.88. The molecule has 0 spiro atoms. The molecule has 3 fully saturated rings. The van der Waals surface area contributed by atoms with Gasteiger partial charge in [-0.1, -0.05) is 108 Å². The predicted molar refractivity (Wildman–Crippen MR) is 155 cm³/mol. The van der Waals surface area contributed by atoms with Crippen LogP contribution in [0.4, 0.5) is 0 Å². The van der Waals surface area contributed by atoms with Crippen LogP contribution in [-0.4, -0.2) is 10.4 Å². The first kappa shape index (κ1) is 26.6. The normalized spacial score (nSPS) is 38.6. The van der Waals surface area contributed by atoms with Crippen LogP contribution in [-0.2, 0) is 0 Å². The lowest BCUT2D eigenvalue weighted by molar-refractivity contribution is -0.0497. The monoisotopic (exact) mass is 506 g/mol. The number of hydrogen-bond donors (Lipinski definition) is 0. The number of carbonyl (C=O) groups excluding carboxylic acids is 1. The Morgan fingerprint density at radius 3 is 2.50 bits per heavy atom. The third-order valence-corrected chi connectivity index (χ3v) is 12.7. The molecule has 4 aliphatic carbocycles. The molecule has 1 aromatic rings. The SMILES string of the molecule is CC(C)CCC[C@H](C)[C@@H]1CC[C@@H]2[C@H]3CC=C4C[C@@H](SC(=O)c5ccccc5)CC[C@]4(C)[C@@H]3CC[C@@]21C. The molecular weight excluding hydrogens is 456 g/mol. The number of hydrogen-bond acceptors (Lipinski definition) is 2. The maximum atomic E-state index is 12.9. The minimum atomic E-state index is 0.256. The minimum absolute atomic E-state index is 0.256. The molecule has 0 radical (unpaired) electrons. The molecule has 5 rings (SSSR count). The average Bonchev–Trinajstić information content (AvgIpc) is 3.22. The quantitative estimate of drug-likeness (QED) is 0.342. The Kier molecular flexibility index (Phi) is 7.85. The fourth-order valence-electron chi connectivity index (χ4n) is 9.55. The van der Waals surface area contributed by atoms with Crippen molar-refractivity contribution < 1.29 is 4.79 Å². The van der Waals surface area contributed by atoms with Gasteiger partial charge in [0.1, 0.15) is 0 Å². The Morgan fingerprint density at radius 2 is 1.75 bits per heavy atom. The fraction of sp³-hybridized carbons (Fsp3) is 0.735. The molecule has 1 aromatic carbocycles. The van der Waals surface area contributed by atoms with E-state index in [0.29, 0.717) is 16.1 Å². The molecule has 36 heavy (non-hydrogen) atoms. The molecule has 1 nitrogen and oxygen atoms in total. The van der Waals surface area contributed by atoms with Crippen molar-refractivity contribution >= 4 is 16.9 Å². The highest BCUT2D eigenvalue weighted by atomic mass is 32.2. The highest BCUT2D eigenvalue weighted by molar-refractivity contribution is 8.14. The second-order valence-corrected chi connectivity index (χ2v) is 15.2. The Morgan fingerprint density at radius 1 is 0.972 bits per heavy atom. The van der Waals surface area contributed by atoms with Crippen molar-refractivity contribution in [2.45, 2.75) is 110 Å². The maximum Gasteiger partial charge on any atom is 0.219 e. The van der Waals surface area contributed by atoms with Gasteiger partial charge in [0.25, 0.3) is 0 Å². The Bertz CT molecular complexity index is 949. The van der Waals surface area contributed by atoms with Gasteiger partial charge in [-0.05, 0) is 97.7 Å². The molecule has 0 amide bonds. The van der Waals surface area contributed by atoms with Gasteiger partial charge < -0.3 is 0 Å². The van der Waals surface area contributed by atoms with Crippen LogP contribution in [0.25, 0.3) is 0 Å². The number of benzene rings is 1. The van der Waals surface area contributed by atoms with E-state index in [-0.39, 0.29) is 5.12 Å². The molecule has 4 aliphatic rings. The second-order valence-electron chi connectivity index (χ2n) is 13.9. The van der Waals surface area contributed by atoms with Gasteiger partial charge in [0, 0.05) is 10.8 Å². The summed E-state index contributed by atoms with van der Waals surface area (Å²) in [5.74, 6) is 5.34. The summed E-state index contributed by atoms with van der Waals surface area (Å²) in [4.78, 5) is 12.9. The third kappa shape index (κ3) is 4.90. The first-order chi connectivity index (χ1) is 17.2. The van der Waals surface area contributed by atoms with E-state index in [0.717, 1.165) is 47.5 Å². The van der Waals surface area contributed by atoms with Gasteiger partial charge in [0.05, 0.1) is 0 Å². The first-order valence-electron chi connectivity index (χ1n) is 15.2. The van der Waals surface area contributed by atoms with E-state index in [1.165, 1.54) is 64.2 Å². The summed E-state index contributed by atoms with van der Waals surface area (Å²) in [5, 5.41) is 0.705. The number of rotatable bonds is 7. The minimum Gasteiger partial charge on any atom is -0.282 e. The number of allylic oxidation sites excluding steroid dienone is 2. The molecule has 0 N–H and O–H groups in total. The first-order valence-corrected chi connectivity index (χ1v) is 16.1. The predicted octanol–water partition coefficient (Wildman–Crippen LogP) is 9.97. The Hall–Kier alpha value is -1.02. The zero-order chi connectivity index (χ0) is 25.5. The van der Waals surface area contributed by atoms with Crippen LogP contribution in [0.1, 0.15) is 116 Å². The van der Waals surface area contributed by atoms with Gasteiger partial charge in [-0.2, -0.15) is 0 Å². The summed E-state index contributed by atoms with van der Waals surface area (Å²) in [7, 11) is 0. The maximum absolute atomic E-state index is 12.9. The summed E-state index contributed by atoms with van der Waals surface area (Å²) >= 11 is 1.60. The van der Waals surface area contributed by atoms with Crippen LogP contribution in [0.15, 0.2) is 42.0 Å². The highest BCUT2D eigenvalue weighted by Gasteiger charge is 2.59. The van der Waals surface area contributed by atoms with Gasteiger partial charge in [-0.15, -0.1) is 0 Å². The highest BCUT2D eigenvalue weighted by Crippen LogP contribution is 2.67. The molecule has 0 aromatic heterocycles. The Balaban J connectivity index is 1.25. The van der Waals surface area contributed by atoms with E-state index in [1.807, 2.05) is 30.3 Å². The summed E-state index contributed by atoms with van der Waals surface area (Å²) in [6.45, 7) is 12.6. The smallest absolute Gasteiger partial charge is 0.219 e. The van der Waals surface area contributed by atoms with Crippen molar-refractivity contribution in [2.75, 3.05) is 0 Å². The lowest BCUT2D eigenvalue weighted by Gasteiger charge is -2.58. The molecule has 8 atom stereocenters. The van der Waals surface area contributed by atoms with E-state index in [2.05, 4.69) is 40.7 Å². The molecule has 2 heteroatoms. The lowest BCUT2D eigenvalue weighted by Crippen LogP contribution is -2.50. The van der Waals surface area contributed by atoms with Crippen molar-refractivity contribution in [1.29, 1.82) is 0 Å². The van der Waals surface area contributed by atoms with Gasteiger partial charge in [0.2, 0.25) is 5.12 Å². The molecule has 198 valence electrons. The van der Waals surface area contributed by atoms with Gasteiger partial charge in [-0.25, -0.2) is 0 Å². The number of thioether (sulfide) groups is 1. The largest absolute Gasteiger partial charge is 0.282 e. The van der Waals surface area contributed by atoms with Crippen molar-refractivity contribution in [3.05, 3.63) is 47.5 Å². The number of fused-ring (bicyclic) bond motifs is 5. The fourth-order valence-corrected chi connectivity index (χ4v) is 10.6. The van der Waals surface area contributed by atoms with E-state index < -0.39 is 0 Å². The zero-order valence-corrected chi connectivity index (χ0v) is 24.4. The van der Waals surface area contributed by atoms with Crippen LogP contribution >= 0.6 is 11.8 Å². The van der Waals surface area contributed by atoms with Crippen molar-refractivity contribution in [1.82, 2.24) is 0 Å². The number of carbonyl (C=O) groups is 1. The summed E-state index contributed by atoms with van der Waals surface area (Å²) < 4.78 is 0. The zero-order valence-electron chi connectivity index (χ0n) is 23.6. The molecule has 0 saturated heterocycles. The molecule has 0 heterocycles. The molecule has 0 aliphatic heterocycles. The van der Waals surface area contributed by atoms with Crippen LogP contribution < -0.4 is 0 Å². The standard InChI is InChI=1S/C34H50OS/c1-23(2)10-9-11-24(3)29-16-17-30-28-15-14-26-22-27(36-32(35)25-12-7-6-8-13-25)18-20-33(26,4)31(28)19-21-34(29,30)5/h6-8,12-14,23-24,27-31H,9-11,15-22H2,1-5H3/t24-,27-,28+,29-,30+,31+,33-,34+/m0/s1. The summed E-state index contributed by atoms with van der Waals surface area (Å²) in [6.07, 6.45) is 17.6. The van der Waals surface area contributed by atoms with Crippen LogP contribution in [0.2, 0.25) is 0 Å². The van der Waals surface area contributed by atoms with E-state index >= 15 is 0 Å². The Labute approximate surface area is 225 Å². The van der Waals surface area contributed by atoms with E-state index in [4.69, 9.17) is 0 Å². The molecule has 0 unspecified atom stereocenters. The molecule has 3 saturated carbocycles. The topological polar surface area (TPSA) is 17.1 Å². The van der Waals surface area contributed by atoms with Gasteiger partial charge in [0.15, 0.2) is 0 Å². The molecular formula is C34H50OS. The van der Waals surface area contributed by atoms with Gasteiger partial charge >= 0.3 is 0 Å². The second kappa shape index (κ2) is 10.6. The van der Waals surface area contributed by atoms with Crippen molar-refractivity contribution in [2.24, 2.45) is 46.3 Å². The lowest BCUT2D eigenvalue weighted by atomic mass is 9.47. The third-order valence-electron chi connectivity index (χ3n) is 11.5. The van der Waals surface area contributed by atoms with Crippen LogP contribution in [0, 0.1) is 46.3 Å².